The van der Waals surface area contributed by atoms with Crippen LogP contribution in [-0.4, -0.2) is 45.8 Å². The standard InChI is InChI=1S/C14H20N6OS/c15-13-18-10(9-22-13)2-1-5-16-14-17-6-3-12(19-14)20-7-4-11(21)8-20/h3,6,9,11,21H,1-2,4-5,7-8H2,(H2,15,18)(H,16,17,19). The number of hydrogen-bond donors (Lipinski definition) is 3. The fraction of sp³-hybridized carbons (Fsp3) is 0.500. The van der Waals surface area contributed by atoms with Gasteiger partial charge in [-0.25, -0.2) is 9.97 Å². The smallest absolute Gasteiger partial charge is 0.224 e. The maximum absolute atomic E-state index is 9.60. The van der Waals surface area contributed by atoms with Crippen LogP contribution in [0.3, 0.4) is 0 Å². The number of nitrogen functional groups attached to an aromatic ring is 1. The van der Waals surface area contributed by atoms with Crippen LogP contribution in [0.4, 0.5) is 16.9 Å². The molecule has 8 heteroatoms. The van der Waals surface area contributed by atoms with E-state index in [1.165, 1.54) is 11.3 Å². The largest absolute Gasteiger partial charge is 0.391 e. The molecule has 0 radical (unpaired) electrons. The van der Waals surface area contributed by atoms with Gasteiger partial charge in [0.1, 0.15) is 5.82 Å². The second-order valence-electron chi connectivity index (χ2n) is 5.33. The quantitative estimate of drug-likeness (QED) is 0.686. The van der Waals surface area contributed by atoms with E-state index in [1.807, 2.05) is 11.4 Å². The Kier molecular flexibility index (Phi) is 4.69. The van der Waals surface area contributed by atoms with Gasteiger partial charge < -0.3 is 21.1 Å². The Hall–Kier alpha value is -1.93. The van der Waals surface area contributed by atoms with Crippen LogP contribution in [0.15, 0.2) is 17.6 Å². The van der Waals surface area contributed by atoms with Gasteiger partial charge in [-0.05, 0) is 25.3 Å². The number of aliphatic hydroxyl groups is 1. The van der Waals surface area contributed by atoms with Crippen LogP contribution in [-0.2, 0) is 6.42 Å². The zero-order valence-electron chi connectivity index (χ0n) is 12.3. The molecule has 7 nitrogen and oxygen atoms in total. The fourth-order valence-corrected chi connectivity index (χ4v) is 3.06. The Bertz CT molecular complexity index is 619. The van der Waals surface area contributed by atoms with Crippen molar-refractivity contribution in [2.45, 2.75) is 25.4 Å². The SMILES string of the molecule is Nc1nc(CCCNc2nccc(N3CCC(O)C3)n2)cs1. The van der Waals surface area contributed by atoms with E-state index in [0.717, 1.165) is 43.9 Å². The van der Waals surface area contributed by atoms with E-state index in [2.05, 4.69) is 25.2 Å². The van der Waals surface area contributed by atoms with Crippen molar-refractivity contribution in [2.75, 3.05) is 35.6 Å². The van der Waals surface area contributed by atoms with E-state index in [-0.39, 0.29) is 6.10 Å². The van der Waals surface area contributed by atoms with Crippen molar-refractivity contribution in [3.63, 3.8) is 0 Å². The molecule has 1 aliphatic heterocycles. The lowest BCUT2D eigenvalue weighted by Gasteiger charge is -2.16. The molecule has 1 aliphatic rings. The zero-order chi connectivity index (χ0) is 15.4. The monoisotopic (exact) mass is 320 g/mol. The molecule has 0 amide bonds. The third-order valence-electron chi connectivity index (χ3n) is 3.59. The average Bonchev–Trinajstić information content (AvgIpc) is 3.13. The van der Waals surface area contributed by atoms with Crippen molar-refractivity contribution in [3.8, 4) is 0 Å². The number of nitrogens with two attached hydrogens (primary N) is 1. The Morgan fingerprint density at radius 3 is 3.09 bits per heavy atom. The summed E-state index contributed by atoms with van der Waals surface area (Å²) in [6.07, 6.45) is 4.12. The molecule has 1 unspecified atom stereocenters. The summed E-state index contributed by atoms with van der Waals surface area (Å²) < 4.78 is 0. The number of rotatable bonds is 6. The Morgan fingerprint density at radius 1 is 1.45 bits per heavy atom. The Morgan fingerprint density at radius 2 is 2.36 bits per heavy atom. The highest BCUT2D eigenvalue weighted by molar-refractivity contribution is 7.13. The highest BCUT2D eigenvalue weighted by Crippen LogP contribution is 2.18. The molecule has 2 aromatic heterocycles. The molecule has 2 aromatic rings. The predicted molar refractivity (Wildman–Crippen MR) is 88.2 cm³/mol. The number of nitrogens with zero attached hydrogens (tertiary/aromatic N) is 4. The summed E-state index contributed by atoms with van der Waals surface area (Å²) in [6.45, 7) is 2.26. The number of β-amino-alcohol motifs (C(OH)–C–C–N with tert-alkyl or cyclic N) is 1. The van der Waals surface area contributed by atoms with E-state index in [0.29, 0.717) is 17.6 Å². The van der Waals surface area contributed by atoms with Crippen molar-refractivity contribution >= 4 is 28.2 Å². The number of thiazole rings is 1. The lowest BCUT2D eigenvalue weighted by molar-refractivity contribution is 0.198. The maximum Gasteiger partial charge on any atom is 0.224 e. The molecule has 0 spiro atoms. The first-order valence-electron chi connectivity index (χ1n) is 7.40. The molecule has 0 saturated carbocycles. The van der Waals surface area contributed by atoms with Crippen LogP contribution in [0.25, 0.3) is 0 Å². The normalized spacial score (nSPS) is 17.9. The van der Waals surface area contributed by atoms with Crippen LogP contribution < -0.4 is 16.0 Å². The molecule has 118 valence electrons. The number of aliphatic hydroxyl groups excluding tert-OH is 1. The Balaban J connectivity index is 1.48. The van der Waals surface area contributed by atoms with Crippen LogP contribution in [0.5, 0.6) is 0 Å². The van der Waals surface area contributed by atoms with Crippen molar-refractivity contribution in [3.05, 3.63) is 23.3 Å². The summed E-state index contributed by atoms with van der Waals surface area (Å²) in [5, 5.41) is 15.4. The third-order valence-corrected chi connectivity index (χ3v) is 4.31. The van der Waals surface area contributed by atoms with Crippen molar-refractivity contribution in [1.82, 2.24) is 15.0 Å². The minimum absolute atomic E-state index is 0.253. The second kappa shape index (κ2) is 6.89. The number of nitrogens with one attached hydrogen (secondary N) is 1. The van der Waals surface area contributed by atoms with Gasteiger partial charge in [0.05, 0.1) is 11.8 Å². The minimum Gasteiger partial charge on any atom is -0.391 e. The van der Waals surface area contributed by atoms with Crippen molar-refractivity contribution < 1.29 is 5.11 Å². The van der Waals surface area contributed by atoms with Gasteiger partial charge in [-0.3, -0.25) is 0 Å². The average molecular weight is 320 g/mol. The second-order valence-corrected chi connectivity index (χ2v) is 6.22. The van der Waals surface area contributed by atoms with Crippen LogP contribution in [0.1, 0.15) is 18.5 Å². The van der Waals surface area contributed by atoms with E-state index in [9.17, 15) is 5.11 Å². The van der Waals surface area contributed by atoms with E-state index in [1.54, 1.807) is 6.20 Å². The maximum atomic E-state index is 9.60. The van der Waals surface area contributed by atoms with Gasteiger partial charge >= 0.3 is 0 Å². The predicted octanol–water partition coefficient (Wildman–Crippen LogP) is 1.13. The highest BCUT2D eigenvalue weighted by Gasteiger charge is 2.21. The molecule has 4 N–H and O–H groups in total. The van der Waals surface area contributed by atoms with Gasteiger partial charge in [-0.1, -0.05) is 0 Å². The fourth-order valence-electron chi connectivity index (χ4n) is 2.47. The number of aromatic nitrogens is 3. The number of aryl methyl sites for hydroxylation is 1. The van der Waals surface area contributed by atoms with Gasteiger partial charge in [0, 0.05) is 31.2 Å². The molecule has 0 aliphatic carbocycles. The topological polar surface area (TPSA) is 100 Å². The molecule has 0 aromatic carbocycles. The lowest BCUT2D eigenvalue weighted by atomic mass is 10.2. The molecule has 3 heterocycles. The summed E-state index contributed by atoms with van der Waals surface area (Å²) in [5.41, 5.74) is 6.64. The van der Waals surface area contributed by atoms with Gasteiger partial charge in [0.2, 0.25) is 5.95 Å². The molecule has 1 atom stereocenters. The zero-order valence-corrected chi connectivity index (χ0v) is 13.1. The summed E-state index contributed by atoms with van der Waals surface area (Å²) in [4.78, 5) is 15.0. The van der Waals surface area contributed by atoms with Crippen LogP contribution in [0, 0.1) is 0 Å². The van der Waals surface area contributed by atoms with Gasteiger partial charge in [-0.15, -0.1) is 11.3 Å². The molecular weight excluding hydrogens is 300 g/mol. The summed E-state index contributed by atoms with van der Waals surface area (Å²) in [6, 6.07) is 1.88. The van der Waals surface area contributed by atoms with Crippen LogP contribution in [0.2, 0.25) is 0 Å². The first kappa shape index (κ1) is 15.0. The van der Waals surface area contributed by atoms with E-state index < -0.39 is 0 Å². The third kappa shape index (κ3) is 3.83. The molecule has 22 heavy (non-hydrogen) atoms. The molecule has 3 rings (SSSR count). The number of hydrogen-bond acceptors (Lipinski definition) is 8. The minimum atomic E-state index is -0.253. The van der Waals surface area contributed by atoms with E-state index >= 15 is 0 Å². The summed E-state index contributed by atoms with van der Waals surface area (Å²) >= 11 is 1.47. The van der Waals surface area contributed by atoms with Gasteiger partial charge in [0.25, 0.3) is 0 Å². The first-order chi connectivity index (χ1) is 10.7. The molecular formula is C14H20N6OS. The van der Waals surface area contributed by atoms with Crippen molar-refractivity contribution in [1.29, 1.82) is 0 Å². The summed E-state index contributed by atoms with van der Waals surface area (Å²) in [7, 11) is 0. The molecule has 1 saturated heterocycles. The Labute approximate surface area is 133 Å². The molecule has 1 fully saturated rings. The van der Waals surface area contributed by atoms with E-state index in [4.69, 9.17) is 5.73 Å². The molecule has 0 bridgehead atoms. The summed E-state index contributed by atoms with van der Waals surface area (Å²) in [5.74, 6) is 1.48. The highest BCUT2D eigenvalue weighted by atomic mass is 32.1. The van der Waals surface area contributed by atoms with Crippen LogP contribution >= 0.6 is 11.3 Å². The first-order valence-corrected chi connectivity index (χ1v) is 8.28. The van der Waals surface area contributed by atoms with Crippen molar-refractivity contribution in [2.24, 2.45) is 0 Å². The number of anilines is 3. The van der Waals surface area contributed by atoms with Gasteiger partial charge in [0.15, 0.2) is 5.13 Å². The lowest BCUT2D eigenvalue weighted by Crippen LogP contribution is -2.22. The van der Waals surface area contributed by atoms with Gasteiger partial charge in [-0.2, -0.15) is 4.98 Å².